The van der Waals surface area contributed by atoms with Crippen molar-refractivity contribution in [1.29, 1.82) is 0 Å². The number of ether oxygens (including phenoxy) is 4. The molecule has 0 aromatic carbocycles. The van der Waals surface area contributed by atoms with Crippen LogP contribution in [-0.2, 0) is 33.3 Å². The largest absolute Gasteiger partial charge is 0.504 e. The van der Waals surface area contributed by atoms with E-state index in [1.54, 1.807) is 0 Å². The quantitative estimate of drug-likeness (QED) is 0.132. The van der Waals surface area contributed by atoms with Crippen LogP contribution >= 0.6 is 0 Å². The first-order chi connectivity index (χ1) is 26.3. The lowest BCUT2D eigenvalue weighted by atomic mass is 9.44. The molecule has 4 unspecified atom stereocenters. The van der Waals surface area contributed by atoms with E-state index in [1.165, 1.54) is 0 Å². The van der Waals surface area contributed by atoms with Gasteiger partial charge in [0.25, 0.3) is 0 Å². The summed E-state index contributed by atoms with van der Waals surface area (Å²) >= 11 is 0. The molecule has 19 atom stereocenters. The number of aliphatic hydroxyl groups excluding tert-OH is 7. The summed E-state index contributed by atoms with van der Waals surface area (Å²) in [6.07, 6.45) is -11.7. The van der Waals surface area contributed by atoms with E-state index < -0.39 is 85.5 Å². The zero-order valence-corrected chi connectivity index (χ0v) is 33.4. The Kier molecular flexibility index (Phi) is 12.9. The monoisotopic (exact) mass is 796 g/mol. The molecule has 3 saturated carbocycles. The second-order valence-corrected chi connectivity index (χ2v) is 18.5. The SMILES string of the molecule is CC[C@@H](C(=O)C[C@@H](C)C1=C(O)C(=O)[C@@H]2[C@@H]3CC[C@H]4C[C@@H](O[C@@H]5OC(C(=O)O)[C@@H](O)C(O)[C@@H]5O[C@@H]5OC(CO)[C@@H](O)C(O)[C@@H]5O)CC[C@]4(C)[C@H]3CC[C@]12C)C(C)C. The van der Waals surface area contributed by atoms with Crippen LogP contribution in [0.2, 0.25) is 0 Å². The van der Waals surface area contributed by atoms with Gasteiger partial charge in [-0.25, -0.2) is 4.79 Å². The Labute approximate surface area is 328 Å². The predicted molar refractivity (Wildman–Crippen MR) is 196 cm³/mol. The first-order valence-corrected chi connectivity index (χ1v) is 20.7. The van der Waals surface area contributed by atoms with E-state index in [2.05, 4.69) is 27.7 Å². The Morgan fingerprint density at radius 1 is 0.875 bits per heavy atom. The fourth-order valence-corrected chi connectivity index (χ4v) is 12.1. The van der Waals surface area contributed by atoms with Crippen molar-refractivity contribution < 1.29 is 74.2 Å². The highest BCUT2D eigenvalue weighted by atomic mass is 16.8. The summed E-state index contributed by atoms with van der Waals surface area (Å²) < 4.78 is 23.4. The molecule has 15 nitrogen and oxygen atoms in total. The molecule has 2 saturated heterocycles. The normalized spacial score (nSPS) is 46.5. The standard InChI is InChI=1S/C41H64O15/c1-7-21(17(2)3)24(43)14-18(4)26-29(45)30(46)27-22-9-8-19-15-20(10-12-40(19,5)23(22)11-13-41(26,27)6)53-39-36(33(49)32(48)35(55-39)37(51)52)56-38-34(50)31(47)28(44)25(16-42)54-38/h17-23,25,27-28,31-36,38-39,42,44-45,47-50H,7-16H2,1-6H3,(H,51,52)/t18-,19+,20+,21-,22-,23+,25?,27+,28-,31?,32+,33?,34+,35?,36+,38+,39-,40+,41-/m1/s1. The number of carbonyl (C=O) groups excluding carboxylic acids is 2. The summed E-state index contributed by atoms with van der Waals surface area (Å²) in [5.74, 6) is -1.80. The van der Waals surface area contributed by atoms with Gasteiger partial charge in [0, 0.05) is 23.7 Å². The zero-order chi connectivity index (χ0) is 41.2. The highest BCUT2D eigenvalue weighted by Gasteiger charge is 2.64. The second kappa shape index (κ2) is 16.5. The maximum Gasteiger partial charge on any atom is 0.335 e. The Balaban J connectivity index is 1.16. The van der Waals surface area contributed by atoms with E-state index in [0.717, 1.165) is 37.7 Å². The topological polar surface area (TPSA) is 250 Å². The van der Waals surface area contributed by atoms with E-state index in [4.69, 9.17) is 18.9 Å². The van der Waals surface area contributed by atoms with Gasteiger partial charge >= 0.3 is 5.97 Å². The number of carbonyl (C=O) groups is 3. The molecule has 0 spiro atoms. The summed E-state index contributed by atoms with van der Waals surface area (Å²) in [7, 11) is 0. The third-order valence-corrected chi connectivity index (χ3v) is 15.1. The van der Waals surface area contributed by atoms with E-state index in [9.17, 15) is 55.2 Å². The average Bonchev–Trinajstić information content (AvgIpc) is 3.35. The lowest BCUT2D eigenvalue weighted by Crippen LogP contribution is -2.65. The Morgan fingerprint density at radius 3 is 2.20 bits per heavy atom. The number of rotatable bonds is 12. The van der Waals surface area contributed by atoms with Crippen LogP contribution in [-0.4, -0.2) is 133 Å². The summed E-state index contributed by atoms with van der Waals surface area (Å²) in [6, 6.07) is 0. The van der Waals surface area contributed by atoms with Gasteiger partial charge in [0.15, 0.2) is 24.4 Å². The lowest BCUT2D eigenvalue weighted by molar-refractivity contribution is -0.369. The van der Waals surface area contributed by atoms with Crippen molar-refractivity contribution in [3.05, 3.63) is 11.3 Å². The first kappa shape index (κ1) is 43.5. The maximum atomic E-state index is 14.0. The molecule has 8 N–H and O–H groups in total. The number of fused-ring (bicyclic) bond motifs is 5. The number of carboxylic acids is 1. The van der Waals surface area contributed by atoms with E-state index >= 15 is 0 Å². The molecular formula is C41H64O15. The van der Waals surface area contributed by atoms with Crippen molar-refractivity contribution in [2.45, 2.75) is 167 Å². The van der Waals surface area contributed by atoms with E-state index in [-0.39, 0.29) is 64.2 Å². The number of hydrogen-bond acceptors (Lipinski definition) is 14. The van der Waals surface area contributed by atoms with Gasteiger partial charge in [-0.1, -0.05) is 41.5 Å². The molecule has 6 rings (SSSR count). The predicted octanol–water partition coefficient (Wildman–Crippen LogP) is 2.01. The molecule has 0 aromatic heterocycles. The molecule has 2 heterocycles. The smallest absolute Gasteiger partial charge is 0.335 e. The molecule has 318 valence electrons. The molecular weight excluding hydrogens is 732 g/mol. The van der Waals surface area contributed by atoms with Gasteiger partial charge in [0.1, 0.15) is 48.5 Å². The lowest BCUT2D eigenvalue weighted by Gasteiger charge is -2.60. The molecule has 4 aliphatic carbocycles. The number of allylic oxidation sites excluding steroid dienone is 2. The van der Waals surface area contributed by atoms with Crippen LogP contribution < -0.4 is 0 Å². The van der Waals surface area contributed by atoms with Crippen LogP contribution in [0.4, 0.5) is 0 Å². The molecule has 0 amide bonds. The van der Waals surface area contributed by atoms with Crippen LogP contribution in [0, 0.1) is 52.3 Å². The number of ketones is 2. The van der Waals surface area contributed by atoms with Crippen LogP contribution in [0.1, 0.15) is 99.3 Å². The minimum atomic E-state index is -1.95. The molecule has 0 radical (unpaired) electrons. The van der Waals surface area contributed by atoms with Crippen molar-refractivity contribution in [3.63, 3.8) is 0 Å². The first-order valence-electron chi connectivity index (χ1n) is 20.7. The Bertz CT molecular complexity index is 1500. The molecule has 0 aromatic rings. The third-order valence-electron chi connectivity index (χ3n) is 15.1. The van der Waals surface area contributed by atoms with Gasteiger partial charge in [0.2, 0.25) is 5.78 Å². The van der Waals surface area contributed by atoms with Gasteiger partial charge in [-0.3, -0.25) is 9.59 Å². The van der Waals surface area contributed by atoms with Gasteiger partial charge in [-0.15, -0.1) is 0 Å². The minimum absolute atomic E-state index is 0.0486. The average molecular weight is 797 g/mol. The van der Waals surface area contributed by atoms with Gasteiger partial charge in [0.05, 0.1) is 12.7 Å². The van der Waals surface area contributed by atoms with Crippen LogP contribution in [0.3, 0.4) is 0 Å². The molecule has 5 fully saturated rings. The van der Waals surface area contributed by atoms with Crippen LogP contribution in [0.5, 0.6) is 0 Å². The van der Waals surface area contributed by atoms with Crippen LogP contribution in [0.25, 0.3) is 0 Å². The van der Waals surface area contributed by atoms with Gasteiger partial charge < -0.3 is 59.8 Å². The second-order valence-electron chi connectivity index (χ2n) is 18.5. The minimum Gasteiger partial charge on any atom is -0.504 e. The molecule has 2 aliphatic heterocycles. The van der Waals surface area contributed by atoms with Gasteiger partial charge in [-0.2, -0.15) is 0 Å². The highest BCUT2D eigenvalue weighted by Crippen LogP contribution is 2.67. The van der Waals surface area contributed by atoms with E-state index in [0.29, 0.717) is 25.7 Å². The number of Topliss-reactive ketones (excluding diaryl/α,β-unsaturated/α-hetero) is 2. The van der Waals surface area contributed by atoms with Crippen molar-refractivity contribution in [2.75, 3.05) is 6.61 Å². The molecule has 6 aliphatic rings. The van der Waals surface area contributed by atoms with E-state index in [1.807, 2.05) is 13.8 Å². The Morgan fingerprint density at radius 2 is 1.57 bits per heavy atom. The fraction of sp³-hybridized carbons (Fsp3) is 0.878. The summed E-state index contributed by atoms with van der Waals surface area (Å²) in [4.78, 5) is 39.4. The van der Waals surface area contributed by atoms with Crippen molar-refractivity contribution in [2.24, 2.45) is 52.3 Å². The summed E-state index contributed by atoms with van der Waals surface area (Å²) in [5, 5.41) is 83.8. The summed E-state index contributed by atoms with van der Waals surface area (Å²) in [6.45, 7) is 11.7. The van der Waals surface area contributed by atoms with Crippen molar-refractivity contribution in [3.8, 4) is 0 Å². The van der Waals surface area contributed by atoms with Crippen molar-refractivity contribution >= 4 is 17.5 Å². The molecule has 0 bridgehead atoms. The number of aliphatic hydroxyl groups is 7. The number of hydrogen-bond donors (Lipinski definition) is 8. The molecule has 56 heavy (non-hydrogen) atoms. The Hall–Kier alpha value is -2.05. The fourth-order valence-electron chi connectivity index (χ4n) is 12.1. The zero-order valence-electron chi connectivity index (χ0n) is 33.4. The van der Waals surface area contributed by atoms with Crippen LogP contribution in [0.15, 0.2) is 11.3 Å². The van der Waals surface area contributed by atoms with Gasteiger partial charge in [-0.05, 0) is 91.9 Å². The molecule has 15 heteroatoms. The number of carboxylic acid groups (broad SMARTS) is 1. The summed E-state index contributed by atoms with van der Waals surface area (Å²) in [5.41, 5.74) is 0.0302. The highest BCUT2D eigenvalue weighted by molar-refractivity contribution is 6.00. The third kappa shape index (κ3) is 7.41. The number of aliphatic carboxylic acids is 1. The van der Waals surface area contributed by atoms with Crippen molar-refractivity contribution in [1.82, 2.24) is 0 Å². The maximum absolute atomic E-state index is 14.0.